The van der Waals surface area contributed by atoms with E-state index in [9.17, 15) is 0 Å². The second kappa shape index (κ2) is 3.92. The van der Waals surface area contributed by atoms with Crippen molar-refractivity contribution >= 4 is 34.2 Å². The van der Waals surface area contributed by atoms with Gasteiger partial charge in [-0.25, -0.2) is 0 Å². The minimum absolute atomic E-state index is 0.981. The van der Waals surface area contributed by atoms with E-state index >= 15 is 0 Å². The summed E-state index contributed by atoms with van der Waals surface area (Å²) in [5, 5.41) is 3.26. The molecule has 0 N–H and O–H groups in total. The Kier molecular flexibility index (Phi) is 2.64. The number of thiophene rings is 1. The summed E-state index contributed by atoms with van der Waals surface area (Å²) in [6.07, 6.45) is 4.23. The Morgan fingerprint density at radius 1 is 1.42 bits per heavy atom. The van der Waals surface area contributed by atoms with Crippen LogP contribution in [-0.4, -0.2) is 17.3 Å². The topological polar surface area (TPSA) is 12.4 Å². The summed E-state index contributed by atoms with van der Waals surface area (Å²) in [5.41, 5.74) is 0. The first-order valence-corrected chi connectivity index (χ1v) is 5.70. The van der Waals surface area contributed by atoms with Crippen LogP contribution in [0.15, 0.2) is 28.6 Å². The van der Waals surface area contributed by atoms with E-state index < -0.39 is 0 Å². The van der Waals surface area contributed by atoms with Gasteiger partial charge < -0.3 is 0 Å². The molecule has 1 aliphatic rings. The third-order valence-electron chi connectivity index (χ3n) is 1.54. The molecule has 0 aliphatic carbocycles. The van der Waals surface area contributed by atoms with Crippen molar-refractivity contribution in [3.05, 3.63) is 28.5 Å². The fourth-order valence-electron chi connectivity index (χ4n) is 0.992. The molecule has 0 unspecified atom stereocenters. The molecule has 0 aromatic carbocycles. The molecule has 2 rings (SSSR count). The summed E-state index contributed by atoms with van der Waals surface area (Å²) in [7, 11) is 0. The highest BCUT2D eigenvalue weighted by atomic mass is 32.2. The molecule has 2 heterocycles. The number of nitrogens with zero attached hydrogens (tertiary/aromatic N) is 1. The third-order valence-corrected chi connectivity index (χ3v) is 3.33. The van der Waals surface area contributed by atoms with Crippen LogP contribution < -0.4 is 0 Å². The lowest BCUT2D eigenvalue weighted by Crippen LogP contribution is -1.76. The van der Waals surface area contributed by atoms with Crippen molar-refractivity contribution in [2.45, 2.75) is 0 Å². The molecule has 3 heteroatoms. The Bertz CT molecular complexity index is 298. The standard InChI is InChI=1S/C9H9NS2/c1-2-8(11-6-1)3-4-9-10-5-7-12-9/h1-4,6H,5,7H2. The van der Waals surface area contributed by atoms with E-state index in [1.807, 2.05) is 11.8 Å². The summed E-state index contributed by atoms with van der Waals surface area (Å²) in [6.45, 7) is 0.981. The van der Waals surface area contributed by atoms with Crippen LogP contribution in [0.25, 0.3) is 6.08 Å². The Balaban J connectivity index is 2.02. The van der Waals surface area contributed by atoms with Crippen molar-refractivity contribution < 1.29 is 0 Å². The molecule has 0 spiro atoms. The van der Waals surface area contributed by atoms with Gasteiger partial charge in [-0.2, -0.15) is 0 Å². The van der Waals surface area contributed by atoms with E-state index in [0.717, 1.165) is 12.3 Å². The van der Waals surface area contributed by atoms with E-state index in [4.69, 9.17) is 0 Å². The molecule has 0 fully saturated rings. The van der Waals surface area contributed by atoms with Gasteiger partial charge in [0.1, 0.15) is 0 Å². The van der Waals surface area contributed by atoms with Crippen molar-refractivity contribution in [2.24, 2.45) is 4.99 Å². The van der Waals surface area contributed by atoms with Crippen LogP contribution in [0, 0.1) is 0 Å². The van der Waals surface area contributed by atoms with Gasteiger partial charge in [0, 0.05) is 17.2 Å². The smallest absolute Gasteiger partial charge is 0.0905 e. The second-order valence-corrected chi connectivity index (χ2v) is 4.51. The zero-order valence-corrected chi connectivity index (χ0v) is 8.20. The Hall–Kier alpha value is -0.540. The van der Waals surface area contributed by atoms with Crippen molar-refractivity contribution in [3.63, 3.8) is 0 Å². The maximum atomic E-state index is 4.33. The van der Waals surface area contributed by atoms with Crippen LogP contribution >= 0.6 is 23.1 Å². The first-order chi connectivity index (χ1) is 5.95. The zero-order chi connectivity index (χ0) is 8.23. The molecule has 1 nitrogen and oxygen atoms in total. The third kappa shape index (κ3) is 1.99. The quantitative estimate of drug-likeness (QED) is 0.707. The first kappa shape index (κ1) is 8.08. The summed E-state index contributed by atoms with van der Waals surface area (Å²) in [5.74, 6) is 1.14. The highest BCUT2D eigenvalue weighted by molar-refractivity contribution is 8.14. The fraction of sp³-hybridized carbons (Fsp3) is 0.222. The van der Waals surface area contributed by atoms with Crippen LogP contribution in [0.3, 0.4) is 0 Å². The lowest BCUT2D eigenvalue weighted by molar-refractivity contribution is 1.18. The van der Waals surface area contributed by atoms with Gasteiger partial charge in [0.2, 0.25) is 0 Å². The minimum atomic E-state index is 0.981. The van der Waals surface area contributed by atoms with Crippen LogP contribution in [0.1, 0.15) is 4.88 Å². The normalized spacial score (nSPS) is 17.2. The van der Waals surface area contributed by atoms with Crippen LogP contribution in [0.2, 0.25) is 0 Å². The van der Waals surface area contributed by atoms with Gasteiger partial charge in [-0.15, -0.1) is 23.1 Å². The van der Waals surface area contributed by atoms with Gasteiger partial charge in [-0.05, 0) is 23.6 Å². The van der Waals surface area contributed by atoms with Crippen molar-refractivity contribution in [3.8, 4) is 0 Å². The largest absolute Gasteiger partial charge is 0.278 e. The molecule has 12 heavy (non-hydrogen) atoms. The van der Waals surface area contributed by atoms with E-state index in [1.54, 1.807) is 11.3 Å². The average Bonchev–Trinajstić information content (AvgIpc) is 2.74. The molecular weight excluding hydrogens is 186 g/mol. The van der Waals surface area contributed by atoms with Gasteiger partial charge in [0.05, 0.1) is 5.04 Å². The fourth-order valence-corrected chi connectivity index (χ4v) is 2.35. The average molecular weight is 195 g/mol. The molecule has 0 radical (unpaired) electrons. The number of hydrogen-bond donors (Lipinski definition) is 0. The van der Waals surface area contributed by atoms with E-state index in [0.29, 0.717) is 0 Å². The number of aliphatic imine (C=N–C) groups is 1. The second-order valence-electron chi connectivity index (χ2n) is 2.42. The SMILES string of the molecule is C(=Cc1cccs1)C1=NCCS1. The highest BCUT2D eigenvalue weighted by Gasteiger charge is 2.01. The van der Waals surface area contributed by atoms with Gasteiger partial charge in [0.25, 0.3) is 0 Å². The Morgan fingerprint density at radius 3 is 3.08 bits per heavy atom. The Labute approximate surface area is 80.2 Å². The van der Waals surface area contributed by atoms with Gasteiger partial charge >= 0.3 is 0 Å². The van der Waals surface area contributed by atoms with Crippen LogP contribution in [-0.2, 0) is 0 Å². The molecular formula is C9H9NS2. The molecule has 1 aromatic rings. The number of rotatable bonds is 2. The zero-order valence-electron chi connectivity index (χ0n) is 6.56. The van der Waals surface area contributed by atoms with Crippen molar-refractivity contribution in [1.82, 2.24) is 0 Å². The summed E-state index contributed by atoms with van der Waals surface area (Å²) in [4.78, 5) is 5.63. The maximum Gasteiger partial charge on any atom is 0.0905 e. The first-order valence-electron chi connectivity index (χ1n) is 3.84. The Morgan fingerprint density at radius 2 is 2.42 bits per heavy atom. The van der Waals surface area contributed by atoms with Crippen LogP contribution in [0.4, 0.5) is 0 Å². The molecule has 0 bridgehead atoms. The van der Waals surface area contributed by atoms with Gasteiger partial charge in [0.15, 0.2) is 0 Å². The minimum Gasteiger partial charge on any atom is -0.278 e. The molecule has 1 aromatic heterocycles. The van der Waals surface area contributed by atoms with Crippen molar-refractivity contribution in [2.75, 3.05) is 12.3 Å². The molecule has 0 saturated heterocycles. The van der Waals surface area contributed by atoms with Crippen molar-refractivity contribution in [1.29, 1.82) is 0 Å². The predicted molar refractivity (Wildman–Crippen MR) is 58.1 cm³/mol. The number of hydrogen-bond acceptors (Lipinski definition) is 3. The lowest BCUT2D eigenvalue weighted by Gasteiger charge is -1.86. The molecule has 62 valence electrons. The van der Waals surface area contributed by atoms with E-state index in [2.05, 4.69) is 34.7 Å². The molecule has 0 atom stereocenters. The summed E-state index contributed by atoms with van der Waals surface area (Å²) >= 11 is 3.59. The van der Waals surface area contributed by atoms with E-state index in [1.165, 1.54) is 9.92 Å². The highest BCUT2D eigenvalue weighted by Crippen LogP contribution is 2.15. The molecule has 0 saturated carbocycles. The molecule has 1 aliphatic heterocycles. The van der Waals surface area contributed by atoms with Gasteiger partial charge in [-0.1, -0.05) is 6.07 Å². The maximum absolute atomic E-state index is 4.33. The van der Waals surface area contributed by atoms with Gasteiger partial charge in [-0.3, -0.25) is 4.99 Å². The molecule has 0 amide bonds. The predicted octanol–water partition coefficient (Wildman–Crippen LogP) is 2.91. The van der Waals surface area contributed by atoms with E-state index in [-0.39, 0.29) is 0 Å². The number of thioether (sulfide) groups is 1. The summed E-state index contributed by atoms with van der Waals surface area (Å²) in [6, 6.07) is 4.18. The monoisotopic (exact) mass is 195 g/mol. The summed E-state index contributed by atoms with van der Waals surface area (Å²) < 4.78 is 0. The van der Waals surface area contributed by atoms with Crippen LogP contribution in [0.5, 0.6) is 0 Å². The lowest BCUT2D eigenvalue weighted by atomic mass is 10.4.